The molecule has 15 heavy (non-hydrogen) atoms. The Bertz CT molecular complexity index is 271. The lowest BCUT2D eigenvalue weighted by Gasteiger charge is -2.30. The van der Waals surface area contributed by atoms with E-state index in [0.29, 0.717) is 13.1 Å². The molecule has 1 saturated heterocycles. The molecule has 1 N–H and O–H groups in total. The van der Waals surface area contributed by atoms with E-state index in [9.17, 15) is 8.42 Å². The van der Waals surface area contributed by atoms with Gasteiger partial charge in [0.05, 0.1) is 12.4 Å². The van der Waals surface area contributed by atoms with E-state index in [2.05, 4.69) is 5.32 Å². The Labute approximate surface area is 97.6 Å². The Balaban J connectivity index is 0.00000196. The SMILES string of the molecule is COCCS(=O)(=O)N1CCNC(C)C1.Cl. The van der Waals surface area contributed by atoms with E-state index < -0.39 is 10.0 Å². The van der Waals surface area contributed by atoms with Gasteiger partial charge in [-0.25, -0.2) is 8.42 Å². The summed E-state index contributed by atoms with van der Waals surface area (Å²) in [5, 5.41) is 3.20. The van der Waals surface area contributed by atoms with Gasteiger partial charge in [-0.15, -0.1) is 12.4 Å². The van der Waals surface area contributed by atoms with Gasteiger partial charge in [-0.2, -0.15) is 4.31 Å². The van der Waals surface area contributed by atoms with Crippen molar-refractivity contribution in [2.24, 2.45) is 0 Å². The summed E-state index contributed by atoms with van der Waals surface area (Å²) < 4.78 is 29.7. The van der Waals surface area contributed by atoms with Crippen LogP contribution in [0, 0.1) is 0 Å². The number of piperazine rings is 1. The maximum Gasteiger partial charge on any atom is 0.216 e. The first-order chi connectivity index (χ1) is 6.56. The van der Waals surface area contributed by atoms with Crippen molar-refractivity contribution in [3.05, 3.63) is 0 Å². The Morgan fingerprint density at radius 1 is 1.53 bits per heavy atom. The second kappa shape index (κ2) is 6.65. The van der Waals surface area contributed by atoms with E-state index in [1.54, 1.807) is 0 Å². The van der Waals surface area contributed by atoms with Crippen LogP contribution in [0.2, 0.25) is 0 Å². The van der Waals surface area contributed by atoms with Gasteiger partial charge in [-0.1, -0.05) is 0 Å². The summed E-state index contributed by atoms with van der Waals surface area (Å²) >= 11 is 0. The van der Waals surface area contributed by atoms with E-state index in [1.165, 1.54) is 11.4 Å². The third-order valence-corrected chi connectivity index (χ3v) is 4.07. The van der Waals surface area contributed by atoms with Crippen LogP contribution in [0.4, 0.5) is 0 Å². The van der Waals surface area contributed by atoms with Crippen LogP contribution in [0.3, 0.4) is 0 Å². The summed E-state index contributed by atoms with van der Waals surface area (Å²) in [7, 11) is -1.60. The van der Waals surface area contributed by atoms with Crippen molar-refractivity contribution >= 4 is 22.4 Å². The standard InChI is InChI=1S/C8H18N2O3S.ClH/c1-8-7-10(4-3-9-8)14(11,12)6-5-13-2;/h8-9H,3-7H2,1-2H3;1H. The second-order valence-electron chi connectivity index (χ2n) is 3.52. The van der Waals surface area contributed by atoms with E-state index >= 15 is 0 Å². The highest BCUT2D eigenvalue weighted by Crippen LogP contribution is 2.06. The van der Waals surface area contributed by atoms with Crippen LogP contribution in [0.15, 0.2) is 0 Å². The molecule has 1 heterocycles. The van der Waals surface area contributed by atoms with Crippen LogP contribution in [0.1, 0.15) is 6.92 Å². The highest BCUT2D eigenvalue weighted by Gasteiger charge is 2.26. The second-order valence-corrected chi connectivity index (χ2v) is 5.61. The van der Waals surface area contributed by atoms with Crippen molar-refractivity contribution in [1.29, 1.82) is 0 Å². The fourth-order valence-electron chi connectivity index (χ4n) is 1.47. The molecule has 1 aliphatic rings. The fourth-order valence-corrected chi connectivity index (χ4v) is 2.92. The van der Waals surface area contributed by atoms with Gasteiger partial charge < -0.3 is 10.1 Å². The van der Waals surface area contributed by atoms with E-state index in [-0.39, 0.29) is 30.8 Å². The molecular weight excluding hydrogens is 240 g/mol. The van der Waals surface area contributed by atoms with Crippen molar-refractivity contribution in [3.63, 3.8) is 0 Å². The first-order valence-electron chi connectivity index (χ1n) is 4.76. The van der Waals surface area contributed by atoms with Crippen molar-refractivity contribution in [2.75, 3.05) is 39.1 Å². The van der Waals surface area contributed by atoms with E-state index in [0.717, 1.165) is 6.54 Å². The van der Waals surface area contributed by atoms with Gasteiger partial charge in [-0.3, -0.25) is 0 Å². The Kier molecular flexibility index (Phi) is 6.70. The van der Waals surface area contributed by atoms with Gasteiger partial charge in [0.25, 0.3) is 0 Å². The average Bonchev–Trinajstić information content (AvgIpc) is 2.15. The summed E-state index contributed by atoms with van der Waals surface area (Å²) in [6.45, 7) is 4.11. The lowest BCUT2D eigenvalue weighted by Crippen LogP contribution is -2.52. The lowest BCUT2D eigenvalue weighted by molar-refractivity contribution is 0.214. The normalized spacial score (nSPS) is 23.5. The minimum Gasteiger partial charge on any atom is -0.384 e. The number of nitrogens with zero attached hydrogens (tertiary/aromatic N) is 1. The largest absolute Gasteiger partial charge is 0.384 e. The predicted molar refractivity (Wildman–Crippen MR) is 61.9 cm³/mol. The molecule has 92 valence electrons. The maximum absolute atomic E-state index is 11.7. The zero-order valence-electron chi connectivity index (χ0n) is 9.10. The average molecular weight is 259 g/mol. The van der Waals surface area contributed by atoms with Crippen LogP contribution < -0.4 is 5.32 Å². The molecule has 0 spiro atoms. The monoisotopic (exact) mass is 258 g/mol. The number of hydrogen-bond acceptors (Lipinski definition) is 4. The topological polar surface area (TPSA) is 58.6 Å². The number of sulfonamides is 1. The predicted octanol–water partition coefficient (Wildman–Crippen LogP) is -0.322. The van der Waals surface area contributed by atoms with Crippen LogP contribution in [-0.2, 0) is 14.8 Å². The van der Waals surface area contributed by atoms with Crippen LogP contribution in [-0.4, -0.2) is 57.9 Å². The van der Waals surface area contributed by atoms with Gasteiger partial charge in [0.2, 0.25) is 10.0 Å². The highest BCUT2D eigenvalue weighted by atomic mass is 35.5. The van der Waals surface area contributed by atoms with Crippen LogP contribution in [0.5, 0.6) is 0 Å². The summed E-state index contributed by atoms with van der Waals surface area (Å²) in [4.78, 5) is 0. The van der Waals surface area contributed by atoms with E-state index in [1.807, 2.05) is 6.92 Å². The van der Waals surface area contributed by atoms with Gasteiger partial charge in [0, 0.05) is 32.8 Å². The number of rotatable bonds is 4. The molecule has 1 atom stereocenters. The molecule has 1 unspecified atom stereocenters. The van der Waals surface area contributed by atoms with Gasteiger partial charge in [0.1, 0.15) is 0 Å². The molecule has 1 aliphatic heterocycles. The smallest absolute Gasteiger partial charge is 0.216 e. The number of nitrogens with one attached hydrogen (secondary N) is 1. The molecule has 1 rings (SSSR count). The summed E-state index contributed by atoms with van der Waals surface area (Å²) in [5.74, 6) is 0.0796. The van der Waals surface area contributed by atoms with Crippen molar-refractivity contribution < 1.29 is 13.2 Å². The van der Waals surface area contributed by atoms with E-state index in [4.69, 9.17) is 4.74 Å². The van der Waals surface area contributed by atoms with Gasteiger partial charge >= 0.3 is 0 Å². The summed E-state index contributed by atoms with van der Waals surface area (Å²) in [6.07, 6.45) is 0. The molecular formula is C8H19ClN2O3S. The third kappa shape index (κ3) is 4.65. The highest BCUT2D eigenvalue weighted by molar-refractivity contribution is 7.89. The van der Waals surface area contributed by atoms with Crippen molar-refractivity contribution in [2.45, 2.75) is 13.0 Å². The molecule has 0 bridgehead atoms. The Hall–Kier alpha value is 0.120. The van der Waals surface area contributed by atoms with Crippen molar-refractivity contribution in [1.82, 2.24) is 9.62 Å². The molecule has 0 aromatic heterocycles. The van der Waals surface area contributed by atoms with Gasteiger partial charge in [-0.05, 0) is 6.92 Å². The molecule has 5 nitrogen and oxygen atoms in total. The number of ether oxygens (including phenoxy) is 1. The quantitative estimate of drug-likeness (QED) is 0.751. The molecule has 0 aromatic rings. The van der Waals surface area contributed by atoms with Crippen LogP contribution in [0.25, 0.3) is 0 Å². The Morgan fingerprint density at radius 2 is 2.20 bits per heavy atom. The molecule has 0 radical (unpaired) electrons. The zero-order chi connectivity index (χ0) is 10.6. The molecule has 0 aromatic carbocycles. The van der Waals surface area contributed by atoms with Crippen LogP contribution >= 0.6 is 12.4 Å². The number of halogens is 1. The summed E-state index contributed by atoms with van der Waals surface area (Å²) in [5.41, 5.74) is 0. The Morgan fingerprint density at radius 3 is 2.73 bits per heavy atom. The lowest BCUT2D eigenvalue weighted by atomic mass is 10.3. The number of hydrogen-bond donors (Lipinski definition) is 1. The zero-order valence-corrected chi connectivity index (χ0v) is 10.7. The first-order valence-corrected chi connectivity index (χ1v) is 6.37. The summed E-state index contributed by atoms with van der Waals surface area (Å²) in [6, 6.07) is 0.237. The van der Waals surface area contributed by atoms with Crippen molar-refractivity contribution in [3.8, 4) is 0 Å². The maximum atomic E-state index is 11.7. The molecule has 0 aliphatic carbocycles. The molecule has 0 saturated carbocycles. The van der Waals surface area contributed by atoms with Gasteiger partial charge in [0.15, 0.2) is 0 Å². The minimum atomic E-state index is -3.11. The number of methoxy groups -OCH3 is 1. The minimum absolute atomic E-state index is 0. The molecule has 7 heteroatoms. The first kappa shape index (κ1) is 15.1. The molecule has 0 amide bonds. The third-order valence-electron chi connectivity index (χ3n) is 2.27. The molecule has 1 fully saturated rings. The fraction of sp³-hybridized carbons (Fsp3) is 1.00.